The molecule has 1 amide bonds. The number of hydrogen-bond acceptors (Lipinski definition) is 3. The van der Waals surface area contributed by atoms with Gasteiger partial charge in [0.1, 0.15) is 5.75 Å². The molecule has 0 heterocycles. The lowest BCUT2D eigenvalue weighted by atomic mass is 10.1. The van der Waals surface area contributed by atoms with Gasteiger partial charge in [-0.3, -0.25) is 4.79 Å². The molecule has 0 saturated heterocycles. The summed E-state index contributed by atoms with van der Waals surface area (Å²) in [6.45, 7) is 2.49. The summed E-state index contributed by atoms with van der Waals surface area (Å²) in [5, 5.41) is 0. The van der Waals surface area contributed by atoms with Crippen molar-refractivity contribution in [2.24, 2.45) is 5.73 Å². The van der Waals surface area contributed by atoms with E-state index in [9.17, 15) is 4.79 Å². The Morgan fingerprint density at radius 1 is 1.53 bits per heavy atom. The van der Waals surface area contributed by atoms with Crippen LogP contribution >= 0.6 is 15.9 Å². The number of carbonyl (C=O) groups is 1. The molecular weight excluding hydrogens is 308 g/mol. The van der Waals surface area contributed by atoms with Crippen molar-refractivity contribution < 1.29 is 9.53 Å². The van der Waals surface area contributed by atoms with Gasteiger partial charge < -0.3 is 15.4 Å². The van der Waals surface area contributed by atoms with E-state index < -0.39 is 0 Å². The van der Waals surface area contributed by atoms with Crippen molar-refractivity contribution in [3.63, 3.8) is 0 Å². The van der Waals surface area contributed by atoms with Gasteiger partial charge in [0.2, 0.25) is 5.91 Å². The second-order valence-electron chi connectivity index (χ2n) is 4.73. The lowest BCUT2D eigenvalue weighted by molar-refractivity contribution is -0.130. The minimum Gasteiger partial charge on any atom is -0.496 e. The molecule has 1 aromatic rings. The molecule has 4 nitrogen and oxygen atoms in total. The van der Waals surface area contributed by atoms with E-state index in [1.54, 1.807) is 12.0 Å². The summed E-state index contributed by atoms with van der Waals surface area (Å²) in [7, 11) is 3.44. The lowest BCUT2D eigenvalue weighted by Gasteiger charge is -2.18. The van der Waals surface area contributed by atoms with Gasteiger partial charge in [-0.15, -0.1) is 0 Å². The third-order valence-corrected chi connectivity index (χ3v) is 3.49. The van der Waals surface area contributed by atoms with Gasteiger partial charge in [0, 0.05) is 26.1 Å². The number of methoxy groups -OCH3 is 1. The van der Waals surface area contributed by atoms with Crippen LogP contribution in [0.1, 0.15) is 25.3 Å². The highest BCUT2D eigenvalue weighted by atomic mass is 79.9. The summed E-state index contributed by atoms with van der Waals surface area (Å²) in [4.78, 5) is 13.6. The van der Waals surface area contributed by atoms with Crippen LogP contribution < -0.4 is 10.5 Å². The Morgan fingerprint density at radius 2 is 2.21 bits per heavy atom. The quantitative estimate of drug-likeness (QED) is 0.873. The molecule has 0 aromatic heterocycles. The Labute approximate surface area is 123 Å². The fourth-order valence-corrected chi connectivity index (χ4v) is 2.30. The van der Waals surface area contributed by atoms with E-state index in [4.69, 9.17) is 10.5 Å². The van der Waals surface area contributed by atoms with Crippen molar-refractivity contribution >= 4 is 21.8 Å². The first-order valence-corrected chi connectivity index (χ1v) is 7.05. The molecule has 2 N–H and O–H groups in total. The first-order valence-electron chi connectivity index (χ1n) is 6.26. The first-order chi connectivity index (χ1) is 8.93. The molecule has 0 aliphatic heterocycles. The van der Waals surface area contributed by atoms with Crippen molar-refractivity contribution in [1.82, 2.24) is 4.90 Å². The predicted molar refractivity (Wildman–Crippen MR) is 80.1 cm³/mol. The molecule has 106 valence electrons. The largest absolute Gasteiger partial charge is 0.496 e. The average molecular weight is 329 g/mol. The van der Waals surface area contributed by atoms with E-state index in [1.165, 1.54) is 0 Å². The number of rotatable bonds is 6. The van der Waals surface area contributed by atoms with Crippen molar-refractivity contribution in [1.29, 1.82) is 0 Å². The molecule has 1 atom stereocenters. The van der Waals surface area contributed by atoms with Gasteiger partial charge in [-0.25, -0.2) is 0 Å². The molecule has 0 bridgehead atoms. The summed E-state index contributed by atoms with van der Waals surface area (Å²) in [6, 6.07) is 5.87. The molecule has 0 radical (unpaired) electrons. The maximum Gasteiger partial charge on any atom is 0.222 e. The molecule has 0 aliphatic rings. The maximum atomic E-state index is 11.9. The van der Waals surface area contributed by atoms with Crippen LogP contribution in [0.3, 0.4) is 0 Å². The molecule has 1 aromatic carbocycles. The van der Waals surface area contributed by atoms with Crippen LogP contribution in [0.25, 0.3) is 0 Å². The van der Waals surface area contributed by atoms with Crippen molar-refractivity contribution in [2.45, 2.75) is 32.4 Å². The van der Waals surface area contributed by atoms with Gasteiger partial charge in [-0.2, -0.15) is 0 Å². The molecule has 0 aliphatic carbocycles. The van der Waals surface area contributed by atoms with Gasteiger partial charge >= 0.3 is 0 Å². The first kappa shape index (κ1) is 16.0. The Bertz CT molecular complexity index is 435. The number of ether oxygens (including phenoxy) is 1. The Balaban J connectivity index is 2.58. The number of halogens is 1. The number of carbonyl (C=O) groups excluding carboxylic acids is 1. The highest BCUT2D eigenvalue weighted by molar-refractivity contribution is 9.10. The van der Waals surface area contributed by atoms with Crippen molar-refractivity contribution in [2.75, 3.05) is 14.2 Å². The molecule has 0 spiro atoms. The fourth-order valence-electron chi connectivity index (χ4n) is 1.71. The van der Waals surface area contributed by atoms with E-state index in [1.807, 2.05) is 32.2 Å². The van der Waals surface area contributed by atoms with Gasteiger partial charge in [0.25, 0.3) is 0 Å². The smallest absolute Gasteiger partial charge is 0.222 e. The number of benzene rings is 1. The molecule has 0 saturated carbocycles. The van der Waals surface area contributed by atoms with E-state index in [-0.39, 0.29) is 11.9 Å². The van der Waals surface area contributed by atoms with Crippen molar-refractivity contribution in [3.05, 3.63) is 28.2 Å². The number of nitrogens with two attached hydrogens (primary N) is 1. The summed E-state index contributed by atoms with van der Waals surface area (Å²) >= 11 is 3.44. The summed E-state index contributed by atoms with van der Waals surface area (Å²) in [5.41, 5.74) is 6.71. The van der Waals surface area contributed by atoms with Gasteiger partial charge in [-0.1, -0.05) is 6.07 Å². The van der Waals surface area contributed by atoms with E-state index >= 15 is 0 Å². The summed E-state index contributed by atoms with van der Waals surface area (Å²) in [5.74, 6) is 0.902. The van der Waals surface area contributed by atoms with Gasteiger partial charge in [0.15, 0.2) is 0 Å². The molecule has 5 heteroatoms. The maximum absolute atomic E-state index is 11.9. The van der Waals surface area contributed by atoms with Gasteiger partial charge in [-0.05, 0) is 47.0 Å². The van der Waals surface area contributed by atoms with Crippen LogP contribution in [0.4, 0.5) is 0 Å². The van der Waals surface area contributed by atoms with Crippen molar-refractivity contribution in [3.8, 4) is 5.75 Å². The lowest BCUT2D eigenvalue weighted by Crippen LogP contribution is -2.28. The number of hydrogen-bond donors (Lipinski definition) is 1. The Hall–Kier alpha value is -1.07. The zero-order valence-electron chi connectivity index (χ0n) is 11.6. The minimum absolute atomic E-state index is 0.0625. The summed E-state index contributed by atoms with van der Waals surface area (Å²) in [6.07, 6.45) is 1.21. The van der Waals surface area contributed by atoms with E-state index in [0.717, 1.165) is 22.2 Å². The van der Waals surface area contributed by atoms with Crippen LogP contribution in [0, 0.1) is 0 Å². The number of nitrogens with zero attached hydrogens (tertiary/aromatic N) is 1. The molecular formula is C14H21BrN2O2. The predicted octanol–water partition coefficient (Wildman–Crippen LogP) is 2.54. The zero-order chi connectivity index (χ0) is 14.4. The Morgan fingerprint density at radius 3 is 2.74 bits per heavy atom. The average Bonchev–Trinajstić information content (AvgIpc) is 2.36. The highest BCUT2D eigenvalue weighted by Gasteiger charge is 2.11. The third kappa shape index (κ3) is 5.20. The van der Waals surface area contributed by atoms with E-state index in [0.29, 0.717) is 13.0 Å². The highest BCUT2D eigenvalue weighted by Crippen LogP contribution is 2.25. The minimum atomic E-state index is 0.0625. The van der Waals surface area contributed by atoms with Gasteiger partial charge in [0.05, 0.1) is 11.6 Å². The zero-order valence-corrected chi connectivity index (χ0v) is 13.2. The van der Waals surface area contributed by atoms with Crippen LogP contribution in [0.5, 0.6) is 5.75 Å². The topological polar surface area (TPSA) is 55.6 Å². The third-order valence-electron chi connectivity index (χ3n) is 2.88. The number of amides is 1. The Kier molecular flexibility index (Phi) is 6.31. The second-order valence-corrected chi connectivity index (χ2v) is 5.59. The van der Waals surface area contributed by atoms with E-state index in [2.05, 4.69) is 15.9 Å². The van der Waals surface area contributed by atoms with Crippen LogP contribution in [0.15, 0.2) is 22.7 Å². The monoisotopic (exact) mass is 328 g/mol. The van der Waals surface area contributed by atoms with Crippen LogP contribution in [-0.4, -0.2) is 31.0 Å². The summed E-state index contributed by atoms with van der Waals surface area (Å²) < 4.78 is 6.07. The molecule has 1 rings (SSSR count). The fraction of sp³-hybridized carbons (Fsp3) is 0.500. The van der Waals surface area contributed by atoms with Crippen LogP contribution in [-0.2, 0) is 11.3 Å². The van der Waals surface area contributed by atoms with Crippen LogP contribution in [0.2, 0.25) is 0 Å². The molecule has 19 heavy (non-hydrogen) atoms. The molecule has 1 unspecified atom stereocenters. The normalized spacial score (nSPS) is 12.1. The standard InChI is InChI=1S/C14H21BrN2O2/c1-10(16)4-7-14(18)17(2)9-11-5-6-13(19-3)12(15)8-11/h5-6,8,10H,4,7,9,16H2,1-3H3. The second kappa shape index (κ2) is 7.50. The molecule has 0 fully saturated rings. The SMILES string of the molecule is COc1ccc(CN(C)C(=O)CCC(C)N)cc1Br.